The Labute approximate surface area is 133 Å². The number of aromatic nitrogens is 1. The average molecular weight is 317 g/mol. The van der Waals surface area contributed by atoms with Crippen LogP contribution in [0.2, 0.25) is 10.0 Å². The van der Waals surface area contributed by atoms with Gasteiger partial charge < -0.3 is 5.32 Å². The second-order valence-corrected chi connectivity index (χ2v) is 5.72. The van der Waals surface area contributed by atoms with Crippen LogP contribution in [0.15, 0.2) is 48.5 Å². The lowest BCUT2D eigenvalue weighted by molar-refractivity contribution is 1.15. The Morgan fingerprint density at radius 1 is 1.05 bits per heavy atom. The summed E-state index contributed by atoms with van der Waals surface area (Å²) in [7, 11) is 0. The molecular formula is C17H14Cl2N2. The molecule has 2 nitrogen and oxygen atoms in total. The van der Waals surface area contributed by atoms with E-state index in [0.717, 1.165) is 22.3 Å². The molecule has 21 heavy (non-hydrogen) atoms. The Kier molecular flexibility index (Phi) is 4.00. The first-order valence-corrected chi connectivity index (χ1v) is 7.43. The number of benzene rings is 2. The number of rotatable bonds is 3. The maximum atomic E-state index is 6.17. The number of nitrogens with zero attached hydrogens (tertiary/aromatic N) is 1. The standard InChI is InChI=1S/C17H14Cl2N2/c1-11-5-7-13-9-12(6-8-15(13)21-11)10-20-16-4-2-3-14(18)17(16)19/h2-9,20H,10H2,1H3. The summed E-state index contributed by atoms with van der Waals surface area (Å²) >= 11 is 12.2. The van der Waals surface area contributed by atoms with E-state index in [2.05, 4.69) is 28.5 Å². The van der Waals surface area contributed by atoms with Crippen LogP contribution < -0.4 is 5.32 Å². The summed E-state index contributed by atoms with van der Waals surface area (Å²) in [6, 6.07) is 15.9. The third-order valence-electron chi connectivity index (χ3n) is 3.33. The highest BCUT2D eigenvalue weighted by Crippen LogP contribution is 2.29. The molecule has 0 spiro atoms. The van der Waals surface area contributed by atoms with Gasteiger partial charge in [0, 0.05) is 17.6 Å². The highest BCUT2D eigenvalue weighted by Gasteiger charge is 2.04. The van der Waals surface area contributed by atoms with E-state index in [0.29, 0.717) is 16.6 Å². The lowest BCUT2D eigenvalue weighted by atomic mass is 10.1. The molecule has 2 aromatic carbocycles. The largest absolute Gasteiger partial charge is 0.380 e. The minimum atomic E-state index is 0.553. The van der Waals surface area contributed by atoms with Crippen molar-refractivity contribution < 1.29 is 0 Å². The normalized spacial score (nSPS) is 10.8. The average Bonchev–Trinajstić information content (AvgIpc) is 2.49. The van der Waals surface area contributed by atoms with Crippen LogP contribution in [-0.2, 0) is 6.54 Å². The first-order chi connectivity index (χ1) is 10.1. The summed E-state index contributed by atoms with van der Waals surface area (Å²) in [5, 5.41) is 5.55. The van der Waals surface area contributed by atoms with Gasteiger partial charge in [0.2, 0.25) is 0 Å². The van der Waals surface area contributed by atoms with Crippen LogP contribution >= 0.6 is 23.2 Å². The Balaban J connectivity index is 1.82. The van der Waals surface area contributed by atoms with Crippen molar-refractivity contribution in [3.05, 3.63) is 69.8 Å². The summed E-state index contributed by atoms with van der Waals surface area (Å²) < 4.78 is 0. The van der Waals surface area contributed by atoms with Gasteiger partial charge in [0.25, 0.3) is 0 Å². The Hall–Kier alpha value is -1.77. The number of halogens is 2. The highest BCUT2D eigenvalue weighted by molar-refractivity contribution is 6.43. The zero-order valence-corrected chi connectivity index (χ0v) is 13.0. The molecule has 1 aromatic heterocycles. The van der Waals surface area contributed by atoms with Gasteiger partial charge in [-0.15, -0.1) is 0 Å². The van der Waals surface area contributed by atoms with E-state index in [4.69, 9.17) is 23.2 Å². The predicted octanol–water partition coefficient (Wildman–Crippen LogP) is 5.46. The van der Waals surface area contributed by atoms with E-state index in [-0.39, 0.29) is 0 Å². The molecule has 0 saturated carbocycles. The summed E-state index contributed by atoms with van der Waals surface area (Å²) in [6.07, 6.45) is 0. The summed E-state index contributed by atoms with van der Waals surface area (Å²) in [4.78, 5) is 4.50. The number of pyridine rings is 1. The molecule has 1 N–H and O–H groups in total. The van der Waals surface area contributed by atoms with E-state index >= 15 is 0 Å². The minimum absolute atomic E-state index is 0.553. The third-order valence-corrected chi connectivity index (χ3v) is 4.15. The van der Waals surface area contributed by atoms with E-state index in [9.17, 15) is 0 Å². The van der Waals surface area contributed by atoms with Crippen molar-refractivity contribution in [3.8, 4) is 0 Å². The number of hydrogen-bond acceptors (Lipinski definition) is 2. The summed E-state index contributed by atoms with van der Waals surface area (Å²) in [6.45, 7) is 2.68. The Morgan fingerprint density at radius 3 is 2.76 bits per heavy atom. The van der Waals surface area contributed by atoms with Gasteiger partial charge >= 0.3 is 0 Å². The minimum Gasteiger partial charge on any atom is -0.380 e. The third kappa shape index (κ3) is 3.12. The van der Waals surface area contributed by atoms with Crippen LogP contribution in [0.25, 0.3) is 10.9 Å². The smallest absolute Gasteiger partial charge is 0.0823 e. The maximum absolute atomic E-state index is 6.17. The SMILES string of the molecule is Cc1ccc2cc(CNc3cccc(Cl)c3Cl)ccc2n1. The number of anilines is 1. The fraction of sp³-hybridized carbons (Fsp3) is 0.118. The van der Waals surface area contributed by atoms with Gasteiger partial charge in [-0.3, -0.25) is 4.98 Å². The van der Waals surface area contributed by atoms with Crippen molar-refractivity contribution in [2.24, 2.45) is 0 Å². The predicted molar refractivity (Wildman–Crippen MR) is 90.3 cm³/mol. The van der Waals surface area contributed by atoms with E-state index in [1.165, 1.54) is 5.56 Å². The Bertz CT molecular complexity index is 800. The van der Waals surface area contributed by atoms with Crippen molar-refractivity contribution in [1.29, 1.82) is 0 Å². The van der Waals surface area contributed by atoms with E-state index in [1.807, 2.05) is 31.2 Å². The molecule has 3 rings (SSSR count). The molecule has 0 radical (unpaired) electrons. The molecule has 0 aliphatic heterocycles. The first kappa shape index (κ1) is 14.2. The molecule has 0 aliphatic carbocycles. The van der Waals surface area contributed by atoms with Gasteiger partial charge in [-0.2, -0.15) is 0 Å². The quantitative estimate of drug-likeness (QED) is 0.693. The number of nitrogens with one attached hydrogen (secondary N) is 1. The molecule has 3 aromatic rings. The van der Waals surface area contributed by atoms with Gasteiger partial charge in [0.05, 0.1) is 21.2 Å². The fourth-order valence-electron chi connectivity index (χ4n) is 2.22. The van der Waals surface area contributed by atoms with Crippen molar-refractivity contribution in [2.45, 2.75) is 13.5 Å². The van der Waals surface area contributed by atoms with Gasteiger partial charge in [0.15, 0.2) is 0 Å². The zero-order valence-electron chi connectivity index (χ0n) is 11.5. The first-order valence-electron chi connectivity index (χ1n) is 6.68. The number of hydrogen-bond donors (Lipinski definition) is 1. The molecule has 0 aliphatic rings. The molecule has 0 amide bonds. The zero-order chi connectivity index (χ0) is 14.8. The van der Waals surface area contributed by atoms with Gasteiger partial charge in [-0.25, -0.2) is 0 Å². The van der Waals surface area contributed by atoms with Crippen molar-refractivity contribution in [3.63, 3.8) is 0 Å². The summed E-state index contributed by atoms with van der Waals surface area (Å²) in [5.41, 5.74) is 4.05. The van der Waals surface area contributed by atoms with Gasteiger partial charge in [-0.1, -0.05) is 41.4 Å². The van der Waals surface area contributed by atoms with Gasteiger partial charge in [-0.05, 0) is 42.8 Å². The lowest BCUT2D eigenvalue weighted by Gasteiger charge is -2.10. The lowest BCUT2D eigenvalue weighted by Crippen LogP contribution is -2.00. The molecule has 0 atom stereocenters. The Morgan fingerprint density at radius 2 is 1.90 bits per heavy atom. The molecule has 0 bridgehead atoms. The van der Waals surface area contributed by atoms with Crippen molar-refractivity contribution in [2.75, 3.05) is 5.32 Å². The highest BCUT2D eigenvalue weighted by atomic mass is 35.5. The molecular weight excluding hydrogens is 303 g/mol. The van der Waals surface area contributed by atoms with Crippen LogP contribution in [0, 0.1) is 6.92 Å². The van der Waals surface area contributed by atoms with E-state index < -0.39 is 0 Å². The van der Waals surface area contributed by atoms with Crippen LogP contribution in [0.3, 0.4) is 0 Å². The molecule has 0 unspecified atom stereocenters. The van der Waals surface area contributed by atoms with Crippen LogP contribution in [-0.4, -0.2) is 4.98 Å². The van der Waals surface area contributed by atoms with Crippen LogP contribution in [0.4, 0.5) is 5.69 Å². The molecule has 0 saturated heterocycles. The molecule has 106 valence electrons. The topological polar surface area (TPSA) is 24.9 Å². The molecule has 0 fully saturated rings. The second kappa shape index (κ2) is 5.92. The van der Waals surface area contributed by atoms with Crippen molar-refractivity contribution in [1.82, 2.24) is 4.98 Å². The summed E-state index contributed by atoms with van der Waals surface area (Å²) in [5.74, 6) is 0. The van der Waals surface area contributed by atoms with Crippen LogP contribution in [0.1, 0.15) is 11.3 Å². The second-order valence-electron chi connectivity index (χ2n) is 4.93. The van der Waals surface area contributed by atoms with Gasteiger partial charge in [0.1, 0.15) is 0 Å². The van der Waals surface area contributed by atoms with Crippen LogP contribution in [0.5, 0.6) is 0 Å². The fourth-order valence-corrected chi connectivity index (χ4v) is 2.59. The number of fused-ring (bicyclic) bond motifs is 1. The molecule has 4 heteroatoms. The maximum Gasteiger partial charge on any atom is 0.0823 e. The number of aryl methyl sites for hydroxylation is 1. The monoisotopic (exact) mass is 316 g/mol. The molecule has 1 heterocycles. The van der Waals surface area contributed by atoms with Crippen molar-refractivity contribution >= 4 is 39.8 Å². The van der Waals surface area contributed by atoms with E-state index in [1.54, 1.807) is 6.07 Å².